The first-order chi connectivity index (χ1) is 9.97. The summed E-state index contributed by atoms with van der Waals surface area (Å²) in [4.78, 5) is 32.2. The zero-order chi connectivity index (χ0) is 15.1. The van der Waals surface area contributed by atoms with E-state index in [0.717, 1.165) is 12.5 Å². The van der Waals surface area contributed by atoms with Gasteiger partial charge in [0.25, 0.3) is 0 Å². The fraction of sp³-hybridized carbons (Fsp3) is 0.357. The molecule has 0 bridgehead atoms. The van der Waals surface area contributed by atoms with Gasteiger partial charge in [0.15, 0.2) is 17.4 Å². The summed E-state index contributed by atoms with van der Waals surface area (Å²) in [5, 5.41) is 0.0763. The molecule has 7 heteroatoms. The van der Waals surface area contributed by atoms with Crippen LogP contribution in [-0.4, -0.2) is 34.9 Å². The van der Waals surface area contributed by atoms with Gasteiger partial charge < -0.3 is 15.6 Å². The van der Waals surface area contributed by atoms with Gasteiger partial charge in [-0.1, -0.05) is 0 Å². The van der Waals surface area contributed by atoms with Gasteiger partial charge in [-0.25, -0.2) is 9.37 Å². The first kappa shape index (κ1) is 13.7. The summed E-state index contributed by atoms with van der Waals surface area (Å²) in [6.07, 6.45) is 2.09. The summed E-state index contributed by atoms with van der Waals surface area (Å²) in [6.45, 7) is 2.46. The average molecular weight is 290 g/mol. The van der Waals surface area contributed by atoms with Gasteiger partial charge in [-0.3, -0.25) is 9.59 Å². The maximum absolute atomic E-state index is 14.2. The summed E-state index contributed by atoms with van der Waals surface area (Å²) in [5.41, 5.74) is 5.57. The molecule has 0 saturated carbocycles. The summed E-state index contributed by atoms with van der Waals surface area (Å²) < 4.78 is 14.2. The number of hydrogen-bond donors (Lipinski definition) is 2. The molecule has 3 N–H and O–H groups in total. The van der Waals surface area contributed by atoms with Crippen molar-refractivity contribution in [3.05, 3.63) is 33.9 Å². The maximum atomic E-state index is 14.2. The Hall–Kier alpha value is -2.28. The molecule has 110 valence electrons. The minimum atomic E-state index is -0.581. The first-order valence-electron chi connectivity index (χ1n) is 6.71. The number of carbonyl (C=O) groups is 1. The Labute approximate surface area is 119 Å². The molecular formula is C14H15FN4O2. The van der Waals surface area contributed by atoms with Crippen LogP contribution in [-0.2, 0) is 0 Å². The molecule has 0 amide bonds. The van der Waals surface area contributed by atoms with Crippen molar-refractivity contribution in [3.8, 4) is 0 Å². The highest BCUT2D eigenvalue weighted by Gasteiger charge is 2.24. The van der Waals surface area contributed by atoms with E-state index in [2.05, 4.69) is 9.97 Å². The Balaban J connectivity index is 2.15. The zero-order valence-electron chi connectivity index (χ0n) is 11.5. The SMILES string of the molecule is CC(=O)c1c[nH]c2nc(N3CCC(N)C3)c(F)cc2c1=O. The van der Waals surface area contributed by atoms with Gasteiger partial charge in [0.05, 0.1) is 10.9 Å². The molecule has 1 fully saturated rings. The second-order valence-electron chi connectivity index (χ2n) is 5.27. The number of nitrogens with one attached hydrogen (secondary N) is 1. The van der Waals surface area contributed by atoms with Gasteiger partial charge in [-0.15, -0.1) is 0 Å². The van der Waals surface area contributed by atoms with Crippen LogP contribution in [0.5, 0.6) is 0 Å². The van der Waals surface area contributed by atoms with E-state index in [1.165, 1.54) is 13.1 Å². The molecule has 1 aliphatic heterocycles. The minimum absolute atomic E-state index is 0.000329. The van der Waals surface area contributed by atoms with Crippen molar-refractivity contribution in [1.29, 1.82) is 0 Å². The van der Waals surface area contributed by atoms with E-state index >= 15 is 0 Å². The number of Topliss-reactive ketones (excluding diaryl/α,β-unsaturated/α-hetero) is 1. The van der Waals surface area contributed by atoms with Crippen LogP contribution in [0.3, 0.4) is 0 Å². The second kappa shape index (κ2) is 4.92. The Bertz CT molecular complexity index is 786. The molecule has 21 heavy (non-hydrogen) atoms. The van der Waals surface area contributed by atoms with E-state index in [1.54, 1.807) is 4.90 Å². The van der Waals surface area contributed by atoms with Crippen LogP contribution >= 0.6 is 0 Å². The summed E-state index contributed by atoms with van der Waals surface area (Å²) in [6, 6.07) is 1.13. The number of pyridine rings is 2. The molecule has 0 radical (unpaired) electrons. The molecule has 1 unspecified atom stereocenters. The Morgan fingerprint density at radius 1 is 1.57 bits per heavy atom. The molecule has 3 rings (SSSR count). The van der Waals surface area contributed by atoms with E-state index in [0.29, 0.717) is 13.1 Å². The fourth-order valence-electron chi connectivity index (χ4n) is 2.58. The predicted molar refractivity (Wildman–Crippen MR) is 77.1 cm³/mol. The number of H-pyrrole nitrogens is 1. The highest BCUT2D eigenvalue weighted by Crippen LogP contribution is 2.23. The van der Waals surface area contributed by atoms with Crippen LogP contribution in [0.2, 0.25) is 0 Å². The molecule has 1 atom stereocenters. The summed E-state index contributed by atoms with van der Waals surface area (Å²) in [5.74, 6) is -0.766. The number of ketones is 1. The van der Waals surface area contributed by atoms with Crippen LogP contribution in [0.15, 0.2) is 17.1 Å². The third-order valence-corrected chi connectivity index (χ3v) is 3.70. The lowest BCUT2D eigenvalue weighted by Crippen LogP contribution is -2.28. The number of anilines is 1. The van der Waals surface area contributed by atoms with E-state index in [9.17, 15) is 14.0 Å². The van der Waals surface area contributed by atoms with Crippen molar-refractivity contribution >= 4 is 22.6 Å². The molecular weight excluding hydrogens is 275 g/mol. The van der Waals surface area contributed by atoms with Gasteiger partial charge >= 0.3 is 0 Å². The number of halogens is 1. The number of carbonyl (C=O) groups excluding carboxylic acids is 1. The molecule has 2 aromatic heterocycles. The van der Waals surface area contributed by atoms with Gasteiger partial charge in [0, 0.05) is 25.3 Å². The van der Waals surface area contributed by atoms with Crippen molar-refractivity contribution in [3.63, 3.8) is 0 Å². The lowest BCUT2D eigenvalue weighted by Gasteiger charge is -2.17. The van der Waals surface area contributed by atoms with Gasteiger partial charge in [-0.05, 0) is 19.4 Å². The molecule has 3 heterocycles. The van der Waals surface area contributed by atoms with Crippen molar-refractivity contribution < 1.29 is 9.18 Å². The fourth-order valence-corrected chi connectivity index (χ4v) is 2.58. The Morgan fingerprint density at radius 3 is 2.95 bits per heavy atom. The van der Waals surface area contributed by atoms with Gasteiger partial charge in [-0.2, -0.15) is 0 Å². The Kier molecular flexibility index (Phi) is 3.21. The largest absolute Gasteiger partial charge is 0.353 e. The minimum Gasteiger partial charge on any atom is -0.353 e. The van der Waals surface area contributed by atoms with Crippen molar-refractivity contribution in [1.82, 2.24) is 9.97 Å². The molecule has 1 aliphatic rings. The number of aromatic amines is 1. The lowest BCUT2D eigenvalue weighted by atomic mass is 10.1. The number of nitrogens with two attached hydrogens (primary N) is 1. The molecule has 0 spiro atoms. The molecule has 2 aromatic rings. The molecule has 0 aliphatic carbocycles. The van der Waals surface area contributed by atoms with E-state index < -0.39 is 11.2 Å². The van der Waals surface area contributed by atoms with Crippen molar-refractivity contribution in [2.45, 2.75) is 19.4 Å². The van der Waals surface area contributed by atoms with Crippen molar-refractivity contribution in [2.75, 3.05) is 18.0 Å². The van der Waals surface area contributed by atoms with E-state index in [-0.39, 0.29) is 34.2 Å². The molecule has 0 aromatic carbocycles. The lowest BCUT2D eigenvalue weighted by molar-refractivity contribution is 0.101. The predicted octanol–water partition coefficient (Wildman–Crippen LogP) is 0.802. The average Bonchev–Trinajstić information content (AvgIpc) is 2.85. The van der Waals surface area contributed by atoms with Crippen LogP contribution < -0.4 is 16.1 Å². The second-order valence-corrected chi connectivity index (χ2v) is 5.27. The van der Waals surface area contributed by atoms with Crippen LogP contribution in [0.4, 0.5) is 10.2 Å². The van der Waals surface area contributed by atoms with Gasteiger partial charge in [0.1, 0.15) is 5.65 Å². The quantitative estimate of drug-likeness (QED) is 0.798. The highest BCUT2D eigenvalue weighted by atomic mass is 19.1. The van der Waals surface area contributed by atoms with Gasteiger partial charge in [0.2, 0.25) is 5.43 Å². The zero-order valence-corrected chi connectivity index (χ0v) is 11.5. The number of nitrogens with zero attached hydrogens (tertiary/aromatic N) is 2. The maximum Gasteiger partial charge on any atom is 0.201 e. The molecule has 6 nitrogen and oxygen atoms in total. The smallest absolute Gasteiger partial charge is 0.201 e. The Morgan fingerprint density at radius 2 is 2.33 bits per heavy atom. The van der Waals surface area contributed by atoms with E-state index in [4.69, 9.17) is 5.73 Å². The van der Waals surface area contributed by atoms with Crippen LogP contribution in [0.1, 0.15) is 23.7 Å². The number of aromatic nitrogens is 2. The third-order valence-electron chi connectivity index (χ3n) is 3.70. The standard InChI is InChI=1S/C14H15FN4O2/c1-7(20)10-5-17-13-9(12(10)21)4-11(15)14(18-13)19-3-2-8(16)6-19/h4-5,8H,2-3,6,16H2,1H3,(H,17,18,21). The molecule has 1 saturated heterocycles. The number of rotatable bonds is 2. The topological polar surface area (TPSA) is 92.1 Å². The van der Waals surface area contributed by atoms with E-state index in [1.807, 2.05) is 0 Å². The highest BCUT2D eigenvalue weighted by molar-refractivity contribution is 5.96. The van der Waals surface area contributed by atoms with Crippen molar-refractivity contribution in [2.24, 2.45) is 5.73 Å². The first-order valence-corrected chi connectivity index (χ1v) is 6.71. The summed E-state index contributed by atoms with van der Waals surface area (Å²) in [7, 11) is 0. The summed E-state index contributed by atoms with van der Waals surface area (Å²) >= 11 is 0. The normalized spacial score (nSPS) is 18.4. The monoisotopic (exact) mass is 290 g/mol. The van der Waals surface area contributed by atoms with Crippen LogP contribution in [0, 0.1) is 5.82 Å². The van der Waals surface area contributed by atoms with Crippen LogP contribution in [0.25, 0.3) is 11.0 Å². The third kappa shape index (κ3) is 2.29. The number of fused-ring (bicyclic) bond motifs is 1. The number of hydrogen-bond acceptors (Lipinski definition) is 5.